The standard InChI is InChI=1S/C11H17NO4/c1-8-3-2-4-11(7-8,9(13)14)12-5-6-16-10(12)15/h8H,2-7H2,1H3,(H,13,14). The maximum Gasteiger partial charge on any atom is 0.410 e. The second-order valence-corrected chi connectivity index (χ2v) is 4.80. The highest BCUT2D eigenvalue weighted by molar-refractivity contribution is 5.85. The molecule has 2 fully saturated rings. The number of rotatable bonds is 2. The lowest BCUT2D eigenvalue weighted by atomic mass is 9.75. The number of cyclic esters (lactones) is 1. The van der Waals surface area contributed by atoms with Gasteiger partial charge in [0.15, 0.2) is 0 Å². The summed E-state index contributed by atoms with van der Waals surface area (Å²) < 4.78 is 4.85. The zero-order valence-electron chi connectivity index (χ0n) is 9.44. The molecular formula is C11H17NO4. The predicted octanol–water partition coefficient (Wildman–Crippen LogP) is 1.47. The number of carboxylic acid groups (broad SMARTS) is 1. The van der Waals surface area contributed by atoms with Crippen molar-refractivity contribution in [3.05, 3.63) is 0 Å². The largest absolute Gasteiger partial charge is 0.479 e. The van der Waals surface area contributed by atoms with Crippen LogP contribution in [0.4, 0.5) is 4.79 Å². The van der Waals surface area contributed by atoms with Crippen molar-refractivity contribution >= 4 is 12.1 Å². The molecule has 1 heterocycles. The Balaban J connectivity index is 2.27. The lowest BCUT2D eigenvalue weighted by molar-refractivity contribution is -0.152. The van der Waals surface area contributed by atoms with Gasteiger partial charge < -0.3 is 9.84 Å². The minimum absolute atomic E-state index is 0.308. The van der Waals surface area contributed by atoms with Crippen LogP contribution in [0.2, 0.25) is 0 Å². The van der Waals surface area contributed by atoms with Crippen LogP contribution < -0.4 is 0 Å². The van der Waals surface area contributed by atoms with Crippen molar-refractivity contribution in [2.75, 3.05) is 13.2 Å². The van der Waals surface area contributed by atoms with E-state index in [0.29, 0.717) is 31.9 Å². The van der Waals surface area contributed by atoms with Crippen molar-refractivity contribution in [2.24, 2.45) is 5.92 Å². The molecule has 2 atom stereocenters. The van der Waals surface area contributed by atoms with Crippen LogP contribution in [0.15, 0.2) is 0 Å². The van der Waals surface area contributed by atoms with Crippen LogP contribution in [0.5, 0.6) is 0 Å². The smallest absolute Gasteiger partial charge is 0.410 e. The van der Waals surface area contributed by atoms with E-state index in [1.54, 1.807) is 0 Å². The van der Waals surface area contributed by atoms with E-state index >= 15 is 0 Å². The fourth-order valence-electron chi connectivity index (χ4n) is 2.86. The van der Waals surface area contributed by atoms with Crippen LogP contribution >= 0.6 is 0 Å². The average molecular weight is 227 g/mol. The van der Waals surface area contributed by atoms with Crippen molar-refractivity contribution < 1.29 is 19.4 Å². The summed E-state index contributed by atoms with van der Waals surface area (Å²) in [5, 5.41) is 9.44. The molecule has 0 aromatic carbocycles. The monoisotopic (exact) mass is 227 g/mol. The highest BCUT2D eigenvalue weighted by atomic mass is 16.6. The van der Waals surface area contributed by atoms with Gasteiger partial charge in [0.2, 0.25) is 0 Å². The third-order valence-corrected chi connectivity index (χ3v) is 3.65. The molecule has 90 valence electrons. The SMILES string of the molecule is CC1CCCC(C(=O)O)(N2CCOC2=O)C1. The van der Waals surface area contributed by atoms with Gasteiger partial charge >= 0.3 is 12.1 Å². The van der Waals surface area contributed by atoms with Crippen molar-refractivity contribution in [2.45, 2.75) is 38.1 Å². The van der Waals surface area contributed by atoms with Gasteiger partial charge in [-0.25, -0.2) is 9.59 Å². The summed E-state index contributed by atoms with van der Waals surface area (Å²) in [5.74, 6) is -0.545. The van der Waals surface area contributed by atoms with Crippen LogP contribution in [0.1, 0.15) is 32.6 Å². The number of carbonyl (C=O) groups is 2. The molecule has 2 rings (SSSR count). The lowest BCUT2D eigenvalue weighted by Crippen LogP contribution is -2.57. The van der Waals surface area contributed by atoms with Gasteiger partial charge in [0.05, 0.1) is 6.54 Å². The zero-order chi connectivity index (χ0) is 11.8. The fourth-order valence-corrected chi connectivity index (χ4v) is 2.86. The number of carbonyl (C=O) groups excluding carboxylic acids is 1. The molecule has 1 amide bonds. The molecule has 0 spiro atoms. The molecule has 5 nitrogen and oxygen atoms in total. The minimum Gasteiger partial charge on any atom is -0.479 e. The van der Waals surface area contributed by atoms with Gasteiger partial charge in [0.1, 0.15) is 12.1 Å². The molecule has 0 bridgehead atoms. The summed E-state index contributed by atoms with van der Waals surface area (Å²) >= 11 is 0. The molecule has 1 saturated carbocycles. The third kappa shape index (κ3) is 1.64. The predicted molar refractivity (Wildman–Crippen MR) is 56.1 cm³/mol. The number of aliphatic carboxylic acids is 1. The molecule has 1 saturated heterocycles. The van der Waals surface area contributed by atoms with E-state index in [1.807, 2.05) is 6.92 Å². The van der Waals surface area contributed by atoms with Crippen molar-refractivity contribution in [1.82, 2.24) is 4.90 Å². The Morgan fingerprint density at radius 3 is 2.88 bits per heavy atom. The van der Waals surface area contributed by atoms with Crippen LogP contribution in [0.25, 0.3) is 0 Å². The van der Waals surface area contributed by atoms with Gasteiger partial charge in [-0.05, 0) is 18.8 Å². The second-order valence-electron chi connectivity index (χ2n) is 4.80. The average Bonchev–Trinajstić information content (AvgIpc) is 2.64. The van der Waals surface area contributed by atoms with Gasteiger partial charge in [-0.15, -0.1) is 0 Å². The summed E-state index contributed by atoms with van der Waals surface area (Å²) in [6.07, 6.45) is 2.51. The van der Waals surface area contributed by atoms with Gasteiger partial charge in [-0.1, -0.05) is 19.8 Å². The molecule has 5 heteroatoms. The quantitative estimate of drug-likeness (QED) is 0.775. The Morgan fingerprint density at radius 1 is 1.62 bits per heavy atom. The summed E-state index contributed by atoms with van der Waals surface area (Å²) in [5.41, 5.74) is -1.02. The molecule has 1 aliphatic carbocycles. The van der Waals surface area contributed by atoms with E-state index in [-0.39, 0.29) is 0 Å². The maximum atomic E-state index is 11.5. The molecule has 0 aromatic heterocycles. The van der Waals surface area contributed by atoms with Crippen molar-refractivity contribution in [3.63, 3.8) is 0 Å². The van der Waals surface area contributed by atoms with E-state index in [9.17, 15) is 14.7 Å². The first kappa shape index (κ1) is 11.2. The molecule has 0 radical (unpaired) electrons. The van der Waals surface area contributed by atoms with Gasteiger partial charge in [0, 0.05) is 0 Å². The summed E-state index contributed by atoms with van der Waals surface area (Å²) in [7, 11) is 0. The van der Waals surface area contributed by atoms with Gasteiger partial charge in [0.25, 0.3) is 0 Å². The Hall–Kier alpha value is -1.26. The van der Waals surface area contributed by atoms with Crippen molar-refractivity contribution in [1.29, 1.82) is 0 Å². The Labute approximate surface area is 94.4 Å². The van der Waals surface area contributed by atoms with Crippen molar-refractivity contribution in [3.8, 4) is 0 Å². The lowest BCUT2D eigenvalue weighted by Gasteiger charge is -2.41. The molecule has 2 unspecified atom stereocenters. The number of amides is 1. The third-order valence-electron chi connectivity index (χ3n) is 3.65. The van der Waals surface area contributed by atoms with Gasteiger partial charge in [-0.3, -0.25) is 4.90 Å². The summed E-state index contributed by atoms with van der Waals surface area (Å²) in [4.78, 5) is 24.4. The van der Waals surface area contributed by atoms with Crippen LogP contribution in [-0.2, 0) is 9.53 Å². The van der Waals surface area contributed by atoms with E-state index < -0.39 is 17.6 Å². The van der Waals surface area contributed by atoms with E-state index in [0.717, 1.165) is 12.8 Å². The topological polar surface area (TPSA) is 66.8 Å². The first-order valence-corrected chi connectivity index (χ1v) is 5.74. The summed E-state index contributed by atoms with van der Waals surface area (Å²) in [6, 6.07) is 0. The molecule has 16 heavy (non-hydrogen) atoms. The second kappa shape index (κ2) is 3.96. The Kier molecular flexibility index (Phi) is 2.78. The molecule has 2 aliphatic rings. The maximum absolute atomic E-state index is 11.5. The first-order chi connectivity index (χ1) is 7.56. The number of hydrogen-bond acceptors (Lipinski definition) is 3. The molecular weight excluding hydrogens is 210 g/mol. The Morgan fingerprint density at radius 2 is 2.38 bits per heavy atom. The number of nitrogens with zero attached hydrogens (tertiary/aromatic N) is 1. The highest BCUT2D eigenvalue weighted by Crippen LogP contribution is 2.38. The summed E-state index contributed by atoms with van der Waals surface area (Å²) in [6.45, 7) is 2.75. The normalized spacial score (nSPS) is 34.9. The van der Waals surface area contributed by atoms with E-state index in [1.165, 1.54) is 4.90 Å². The molecule has 1 N–H and O–H groups in total. The number of ether oxygens (including phenoxy) is 1. The zero-order valence-corrected chi connectivity index (χ0v) is 9.44. The fraction of sp³-hybridized carbons (Fsp3) is 0.818. The number of hydrogen-bond donors (Lipinski definition) is 1. The minimum atomic E-state index is -1.02. The van der Waals surface area contributed by atoms with E-state index in [2.05, 4.69) is 0 Å². The molecule has 0 aromatic rings. The molecule has 1 aliphatic heterocycles. The van der Waals surface area contributed by atoms with Crippen LogP contribution in [-0.4, -0.2) is 40.8 Å². The van der Waals surface area contributed by atoms with Crippen LogP contribution in [0, 0.1) is 5.92 Å². The van der Waals surface area contributed by atoms with E-state index in [4.69, 9.17) is 4.74 Å². The van der Waals surface area contributed by atoms with Crippen LogP contribution in [0.3, 0.4) is 0 Å². The van der Waals surface area contributed by atoms with Gasteiger partial charge in [-0.2, -0.15) is 0 Å². The Bertz CT molecular complexity index is 317. The highest BCUT2D eigenvalue weighted by Gasteiger charge is 2.51. The number of carboxylic acids is 1. The first-order valence-electron chi connectivity index (χ1n) is 5.74.